The highest BCUT2D eigenvalue weighted by atomic mass is 35.5. The number of thiazole rings is 1. The standard InChI is InChI=1S/C21H23ClN2O5S/c1-13(24-19(25)10-20(26)27-2)3-7-16-11-23-21(30-16)29-18-8-6-15(9-17(18)22)28-12-14-4-5-14/h3,6-9,11,13-14H,4-5,10,12H2,1-2H3,(H,24,25)/b7-3+/t13-/m0/s1. The van der Waals surface area contributed by atoms with Gasteiger partial charge < -0.3 is 19.5 Å². The molecule has 1 fully saturated rings. The number of esters is 1. The van der Waals surface area contributed by atoms with Crippen LogP contribution in [0.25, 0.3) is 6.08 Å². The molecule has 0 saturated heterocycles. The molecule has 3 rings (SSSR count). The van der Waals surface area contributed by atoms with Crippen molar-refractivity contribution in [2.45, 2.75) is 32.2 Å². The van der Waals surface area contributed by atoms with Gasteiger partial charge in [0.15, 0.2) is 0 Å². The Morgan fingerprint density at radius 3 is 2.90 bits per heavy atom. The molecule has 0 bridgehead atoms. The molecule has 0 spiro atoms. The second-order valence-corrected chi connectivity index (χ2v) is 8.38. The number of nitrogens with one attached hydrogen (secondary N) is 1. The van der Waals surface area contributed by atoms with E-state index in [1.54, 1.807) is 31.3 Å². The summed E-state index contributed by atoms with van der Waals surface area (Å²) >= 11 is 7.64. The van der Waals surface area contributed by atoms with Crippen LogP contribution in [0.4, 0.5) is 0 Å². The number of methoxy groups -OCH3 is 1. The van der Waals surface area contributed by atoms with Gasteiger partial charge >= 0.3 is 5.97 Å². The van der Waals surface area contributed by atoms with Gasteiger partial charge in [0.2, 0.25) is 5.91 Å². The lowest BCUT2D eigenvalue weighted by molar-refractivity contribution is -0.143. The van der Waals surface area contributed by atoms with Gasteiger partial charge in [-0.2, -0.15) is 0 Å². The summed E-state index contributed by atoms with van der Waals surface area (Å²) in [6, 6.07) is 5.08. The van der Waals surface area contributed by atoms with Gasteiger partial charge in [0, 0.05) is 18.3 Å². The van der Waals surface area contributed by atoms with Crippen LogP contribution in [0, 0.1) is 5.92 Å². The molecule has 1 aliphatic carbocycles. The molecule has 1 aromatic carbocycles. The van der Waals surface area contributed by atoms with E-state index in [9.17, 15) is 9.59 Å². The molecule has 7 nitrogen and oxygen atoms in total. The first-order valence-electron chi connectivity index (χ1n) is 9.53. The fourth-order valence-electron chi connectivity index (χ4n) is 2.44. The molecule has 1 saturated carbocycles. The number of ether oxygens (including phenoxy) is 3. The lowest BCUT2D eigenvalue weighted by Gasteiger charge is -2.08. The highest BCUT2D eigenvalue weighted by Crippen LogP contribution is 2.35. The molecular formula is C21H23ClN2O5S. The van der Waals surface area contributed by atoms with Crippen LogP contribution < -0.4 is 14.8 Å². The number of benzene rings is 1. The molecule has 1 amide bonds. The predicted octanol–water partition coefficient (Wildman–Crippen LogP) is 4.46. The van der Waals surface area contributed by atoms with E-state index in [2.05, 4.69) is 15.0 Å². The van der Waals surface area contributed by atoms with E-state index >= 15 is 0 Å². The lowest BCUT2D eigenvalue weighted by Crippen LogP contribution is -2.32. The Kier molecular flexibility index (Phi) is 7.70. The van der Waals surface area contributed by atoms with E-state index in [4.69, 9.17) is 21.1 Å². The van der Waals surface area contributed by atoms with Crippen molar-refractivity contribution in [3.8, 4) is 16.7 Å². The Bertz CT molecular complexity index is 926. The quantitative estimate of drug-likeness (QED) is 0.425. The monoisotopic (exact) mass is 450 g/mol. The number of aromatic nitrogens is 1. The fraction of sp³-hybridized carbons (Fsp3) is 0.381. The molecule has 0 aliphatic heterocycles. The van der Waals surface area contributed by atoms with Gasteiger partial charge in [0.25, 0.3) is 5.19 Å². The highest BCUT2D eigenvalue weighted by Gasteiger charge is 2.22. The smallest absolute Gasteiger partial charge is 0.315 e. The largest absolute Gasteiger partial charge is 0.493 e. The first-order chi connectivity index (χ1) is 14.4. The topological polar surface area (TPSA) is 86.8 Å². The summed E-state index contributed by atoms with van der Waals surface area (Å²) in [5.41, 5.74) is 0. The molecule has 0 radical (unpaired) electrons. The number of hydrogen-bond donors (Lipinski definition) is 1. The van der Waals surface area contributed by atoms with Crippen molar-refractivity contribution in [1.29, 1.82) is 0 Å². The van der Waals surface area contributed by atoms with Gasteiger partial charge in [0.05, 0.1) is 23.6 Å². The van der Waals surface area contributed by atoms with Crippen LogP contribution in [0.15, 0.2) is 30.5 Å². The van der Waals surface area contributed by atoms with Crippen LogP contribution in [-0.4, -0.2) is 36.6 Å². The minimum Gasteiger partial charge on any atom is -0.493 e. The Balaban J connectivity index is 1.51. The summed E-state index contributed by atoms with van der Waals surface area (Å²) in [6.45, 7) is 2.52. The third-order valence-corrected chi connectivity index (χ3v) is 5.39. The van der Waals surface area contributed by atoms with E-state index in [1.807, 2.05) is 12.1 Å². The Labute approximate surface area is 184 Å². The van der Waals surface area contributed by atoms with E-state index in [1.165, 1.54) is 31.3 Å². The van der Waals surface area contributed by atoms with Crippen LogP contribution in [0.1, 0.15) is 31.1 Å². The van der Waals surface area contributed by atoms with Crippen molar-refractivity contribution in [3.05, 3.63) is 40.4 Å². The number of carbonyl (C=O) groups excluding carboxylic acids is 2. The number of rotatable bonds is 10. The number of halogens is 1. The average molecular weight is 451 g/mol. The maximum Gasteiger partial charge on any atom is 0.315 e. The van der Waals surface area contributed by atoms with Crippen LogP contribution in [0.2, 0.25) is 5.02 Å². The maximum absolute atomic E-state index is 11.7. The molecule has 1 aliphatic rings. The van der Waals surface area contributed by atoms with E-state index in [0.717, 1.165) is 17.2 Å². The molecule has 1 aromatic heterocycles. The number of nitrogens with zero attached hydrogens (tertiary/aromatic N) is 1. The van der Waals surface area contributed by atoms with Crippen molar-refractivity contribution in [3.63, 3.8) is 0 Å². The number of amides is 1. The summed E-state index contributed by atoms with van der Waals surface area (Å²) in [6.07, 6.45) is 7.44. The zero-order valence-corrected chi connectivity index (χ0v) is 18.3. The van der Waals surface area contributed by atoms with E-state index < -0.39 is 11.9 Å². The van der Waals surface area contributed by atoms with Gasteiger partial charge in [-0.1, -0.05) is 29.0 Å². The highest BCUT2D eigenvalue weighted by molar-refractivity contribution is 7.14. The third-order valence-electron chi connectivity index (χ3n) is 4.26. The van der Waals surface area contributed by atoms with Crippen molar-refractivity contribution in [2.75, 3.05) is 13.7 Å². The van der Waals surface area contributed by atoms with Gasteiger partial charge in [-0.25, -0.2) is 4.98 Å². The molecule has 30 heavy (non-hydrogen) atoms. The minimum absolute atomic E-state index is 0.258. The predicted molar refractivity (Wildman–Crippen MR) is 115 cm³/mol. The SMILES string of the molecule is COC(=O)CC(=O)N[C@@H](C)/C=C/c1cnc(Oc2ccc(OCC3CC3)cc2Cl)s1. The van der Waals surface area contributed by atoms with Gasteiger partial charge in [-0.05, 0) is 43.9 Å². The Morgan fingerprint density at radius 1 is 1.40 bits per heavy atom. The first-order valence-corrected chi connectivity index (χ1v) is 10.7. The van der Waals surface area contributed by atoms with E-state index in [-0.39, 0.29) is 12.5 Å². The molecular weight excluding hydrogens is 428 g/mol. The van der Waals surface area contributed by atoms with E-state index in [0.29, 0.717) is 21.9 Å². The zero-order valence-electron chi connectivity index (χ0n) is 16.7. The summed E-state index contributed by atoms with van der Waals surface area (Å²) in [5.74, 6) is 0.931. The summed E-state index contributed by atoms with van der Waals surface area (Å²) in [7, 11) is 1.24. The molecule has 1 N–H and O–H groups in total. The van der Waals surface area contributed by atoms with Gasteiger partial charge in [-0.15, -0.1) is 0 Å². The zero-order chi connectivity index (χ0) is 21.5. The second kappa shape index (κ2) is 10.4. The third kappa shape index (κ3) is 7.03. The number of carbonyl (C=O) groups is 2. The molecule has 2 aromatic rings. The Hall–Kier alpha value is -2.58. The minimum atomic E-state index is -0.575. The first kappa shape index (κ1) is 22.1. The van der Waals surface area contributed by atoms with Crippen LogP contribution in [-0.2, 0) is 14.3 Å². The van der Waals surface area contributed by atoms with Crippen LogP contribution >= 0.6 is 22.9 Å². The van der Waals surface area contributed by atoms with Gasteiger partial charge in [0.1, 0.15) is 17.9 Å². The molecule has 9 heteroatoms. The van der Waals surface area contributed by atoms with Crippen molar-refractivity contribution < 1.29 is 23.8 Å². The molecule has 1 atom stereocenters. The van der Waals surface area contributed by atoms with Crippen molar-refractivity contribution in [2.24, 2.45) is 5.92 Å². The molecule has 0 unspecified atom stereocenters. The summed E-state index contributed by atoms with van der Waals surface area (Å²) in [4.78, 5) is 27.9. The van der Waals surface area contributed by atoms with Crippen molar-refractivity contribution >= 4 is 40.9 Å². The maximum atomic E-state index is 11.7. The fourth-order valence-corrected chi connectivity index (χ4v) is 3.34. The summed E-state index contributed by atoms with van der Waals surface area (Å²) in [5, 5.41) is 3.60. The average Bonchev–Trinajstić information content (AvgIpc) is 3.44. The van der Waals surface area contributed by atoms with Crippen molar-refractivity contribution in [1.82, 2.24) is 10.3 Å². The Morgan fingerprint density at radius 2 is 2.20 bits per heavy atom. The molecule has 1 heterocycles. The summed E-state index contributed by atoms with van der Waals surface area (Å²) < 4.78 is 16.0. The lowest BCUT2D eigenvalue weighted by atomic mass is 10.2. The normalized spacial score (nSPS) is 14.4. The van der Waals surface area contributed by atoms with Gasteiger partial charge in [-0.3, -0.25) is 9.59 Å². The van der Waals surface area contributed by atoms with Crippen LogP contribution in [0.5, 0.6) is 16.7 Å². The molecule has 160 valence electrons. The number of hydrogen-bond acceptors (Lipinski definition) is 7. The van der Waals surface area contributed by atoms with Crippen LogP contribution in [0.3, 0.4) is 0 Å². The second-order valence-electron chi connectivity index (χ2n) is 6.95.